The second-order valence-electron chi connectivity index (χ2n) is 6.47. The Balaban J connectivity index is 1.70. The SMILES string of the molecule is CC(C)c1ccc(Oc2ncnc(NNC(=O)c3ccc(Cl)cc3Cl)c2N)cc1. The molecule has 0 unspecified atom stereocenters. The van der Waals surface area contributed by atoms with Crippen LogP contribution in [0.4, 0.5) is 11.5 Å². The molecule has 0 atom stereocenters. The number of benzene rings is 2. The molecule has 0 aliphatic rings. The normalized spacial score (nSPS) is 10.7. The van der Waals surface area contributed by atoms with Crippen molar-refractivity contribution in [3.8, 4) is 11.6 Å². The van der Waals surface area contributed by atoms with Gasteiger partial charge in [-0.1, -0.05) is 49.2 Å². The average molecular weight is 432 g/mol. The zero-order chi connectivity index (χ0) is 21.0. The Morgan fingerprint density at radius 1 is 1.10 bits per heavy atom. The van der Waals surface area contributed by atoms with Crippen molar-refractivity contribution in [3.63, 3.8) is 0 Å². The number of carbonyl (C=O) groups is 1. The van der Waals surface area contributed by atoms with Crippen LogP contribution in [0.2, 0.25) is 10.0 Å². The number of anilines is 2. The van der Waals surface area contributed by atoms with Crippen LogP contribution in [0.15, 0.2) is 48.8 Å². The molecule has 29 heavy (non-hydrogen) atoms. The highest BCUT2D eigenvalue weighted by Gasteiger charge is 2.14. The predicted octanol–water partition coefficient (Wildman–Crippen LogP) is 5.04. The molecule has 0 aliphatic heterocycles. The van der Waals surface area contributed by atoms with Crippen LogP contribution in [0.5, 0.6) is 11.6 Å². The van der Waals surface area contributed by atoms with E-state index >= 15 is 0 Å². The summed E-state index contributed by atoms with van der Waals surface area (Å²) in [6, 6.07) is 12.2. The fourth-order valence-electron chi connectivity index (χ4n) is 2.45. The Kier molecular flexibility index (Phi) is 6.41. The number of aromatic nitrogens is 2. The summed E-state index contributed by atoms with van der Waals surface area (Å²) in [5, 5.41) is 0.657. The van der Waals surface area contributed by atoms with E-state index in [0.717, 1.165) is 0 Å². The van der Waals surface area contributed by atoms with Crippen LogP contribution in [0.3, 0.4) is 0 Å². The molecule has 0 radical (unpaired) electrons. The maximum Gasteiger partial charge on any atom is 0.271 e. The zero-order valence-electron chi connectivity index (χ0n) is 15.7. The molecule has 0 saturated heterocycles. The van der Waals surface area contributed by atoms with Gasteiger partial charge in [-0.05, 0) is 41.8 Å². The van der Waals surface area contributed by atoms with Crippen LogP contribution in [-0.2, 0) is 0 Å². The van der Waals surface area contributed by atoms with Crippen molar-refractivity contribution in [2.45, 2.75) is 19.8 Å². The lowest BCUT2D eigenvalue weighted by Gasteiger charge is -2.13. The van der Waals surface area contributed by atoms with E-state index < -0.39 is 5.91 Å². The molecular formula is C20H19Cl2N5O2. The highest BCUT2D eigenvalue weighted by Crippen LogP contribution is 2.30. The second-order valence-corrected chi connectivity index (χ2v) is 7.31. The Morgan fingerprint density at radius 3 is 2.48 bits per heavy atom. The van der Waals surface area contributed by atoms with Crippen LogP contribution in [0, 0.1) is 0 Å². The van der Waals surface area contributed by atoms with Crippen LogP contribution < -0.4 is 21.3 Å². The number of rotatable bonds is 6. The van der Waals surface area contributed by atoms with Crippen molar-refractivity contribution in [2.24, 2.45) is 0 Å². The van der Waals surface area contributed by atoms with Crippen LogP contribution >= 0.6 is 23.2 Å². The molecule has 0 fully saturated rings. The van der Waals surface area contributed by atoms with Crippen molar-refractivity contribution >= 4 is 40.6 Å². The summed E-state index contributed by atoms with van der Waals surface area (Å²) in [6.45, 7) is 4.23. The lowest BCUT2D eigenvalue weighted by molar-refractivity contribution is 0.0962. The van der Waals surface area contributed by atoms with Gasteiger partial charge in [0.2, 0.25) is 5.88 Å². The number of ether oxygens (including phenoxy) is 1. The molecule has 150 valence electrons. The summed E-state index contributed by atoms with van der Waals surface area (Å²) < 4.78 is 5.74. The fraction of sp³-hybridized carbons (Fsp3) is 0.150. The summed E-state index contributed by atoms with van der Waals surface area (Å²) in [7, 11) is 0. The van der Waals surface area contributed by atoms with E-state index in [1.807, 2.05) is 24.3 Å². The van der Waals surface area contributed by atoms with Gasteiger partial charge in [-0.2, -0.15) is 4.98 Å². The maximum atomic E-state index is 12.3. The van der Waals surface area contributed by atoms with Crippen molar-refractivity contribution < 1.29 is 9.53 Å². The topological polar surface area (TPSA) is 102 Å². The lowest BCUT2D eigenvalue weighted by atomic mass is 10.0. The third-order valence-corrected chi connectivity index (χ3v) is 4.63. The minimum Gasteiger partial charge on any atom is -0.437 e. The highest BCUT2D eigenvalue weighted by atomic mass is 35.5. The number of halogens is 2. The summed E-state index contributed by atoms with van der Waals surface area (Å²) >= 11 is 11.9. The van der Waals surface area contributed by atoms with E-state index in [2.05, 4.69) is 34.7 Å². The zero-order valence-corrected chi connectivity index (χ0v) is 17.3. The van der Waals surface area contributed by atoms with Gasteiger partial charge in [0.05, 0.1) is 10.6 Å². The van der Waals surface area contributed by atoms with E-state index in [9.17, 15) is 4.79 Å². The van der Waals surface area contributed by atoms with E-state index in [-0.39, 0.29) is 28.0 Å². The number of carbonyl (C=O) groups excluding carboxylic acids is 1. The van der Waals surface area contributed by atoms with Gasteiger partial charge in [0, 0.05) is 5.02 Å². The lowest BCUT2D eigenvalue weighted by Crippen LogP contribution is -2.30. The first kappa shape index (κ1) is 20.7. The van der Waals surface area contributed by atoms with E-state index in [4.69, 9.17) is 33.7 Å². The molecular weight excluding hydrogens is 413 g/mol. The molecule has 0 spiro atoms. The fourth-order valence-corrected chi connectivity index (χ4v) is 2.94. The molecule has 1 aromatic heterocycles. The van der Waals surface area contributed by atoms with Crippen molar-refractivity contribution in [2.75, 3.05) is 11.2 Å². The van der Waals surface area contributed by atoms with Gasteiger partial charge >= 0.3 is 0 Å². The molecule has 3 rings (SSSR count). The summed E-state index contributed by atoms with van der Waals surface area (Å²) in [5.74, 6) is 0.881. The van der Waals surface area contributed by atoms with E-state index in [1.165, 1.54) is 24.0 Å². The van der Waals surface area contributed by atoms with Gasteiger partial charge < -0.3 is 10.5 Å². The molecule has 1 heterocycles. The highest BCUT2D eigenvalue weighted by molar-refractivity contribution is 6.36. The Bertz CT molecular complexity index is 1030. The number of nitrogens with two attached hydrogens (primary N) is 1. The standard InChI is InChI=1S/C20H19Cl2N5O2/c1-11(2)12-3-6-14(7-4-12)29-20-17(23)18(24-10-25-20)26-27-19(28)15-8-5-13(21)9-16(15)22/h3-11H,23H2,1-2H3,(H,27,28)(H,24,25,26). The number of nitrogens with one attached hydrogen (secondary N) is 2. The Labute approximate surface area is 178 Å². The van der Waals surface area contributed by atoms with E-state index in [1.54, 1.807) is 6.07 Å². The number of hydrazine groups is 1. The first-order valence-corrected chi connectivity index (χ1v) is 9.50. The van der Waals surface area contributed by atoms with Gasteiger partial charge in [-0.25, -0.2) is 4.98 Å². The first-order chi connectivity index (χ1) is 13.8. The minimum absolute atomic E-state index is 0.142. The third kappa shape index (κ3) is 5.07. The molecule has 9 heteroatoms. The summed E-state index contributed by atoms with van der Waals surface area (Å²) in [5.41, 5.74) is 12.8. The molecule has 0 aliphatic carbocycles. The smallest absolute Gasteiger partial charge is 0.271 e. The second kappa shape index (κ2) is 8.98. The molecule has 2 aromatic carbocycles. The first-order valence-electron chi connectivity index (χ1n) is 8.75. The van der Waals surface area contributed by atoms with E-state index in [0.29, 0.717) is 16.7 Å². The third-order valence-electron chi connectivity index (χ3n) is 4.08. The molecule has 4 N–H and O–H groups in total. The predicted molar refractivity (Wildman–Crippen MR) is 115 cm³/mol. The molecule has 3 aromatic rings. The van der Waals surface area contributed by atoms with Crippen molar-refractivity contribution in [1.82, 2.24) is 15.4 Å². The quantitative estimate of drug-likeness (QED) is 0.472. The largest absolute Gasteiger partial charge is 0.437 e. The van der Waals surface area contributed by atoms with Gasteiger partial charge in [-0.3, -0.25) is 15.6 Å². The Morgan fingerprint density at radius 2 is 1.83 bits per heavy atom. The molecule has 0 bridgehead atoms. The number of nitrogens with zero attached hydrogens (tertiary/aromatic N) is 2. The number of amides is 1. The average Bonchev–Trinajstić information content (AvgIpc) is 2.69. The van der Waals surface area contributed by atoms with Crippen LogP contribution in [0.25, 0.3) is 0 Å². The Hall–Kier alpha value is -3.03. The molecule has 7 nitrogen and oxygen atoms in total. The maximum absolute atomic E-state index is 12.3. The number of hydrogen-bond acceptors (Lipinski definition) is 6. The monoisotopic (exact) mass is 431 g/mol. The minimum atomic E-state index is -0.476. The molecule has 1 amide bonds. The van der Waals surface area contributed by atoms with Crippen LogP contribution in [-0.4, -0.2) is 15.9 Å². The number of hydrogen-bond donors (Lipinski definition) is 3. The van der Waals surface area contributed by atoms with Crippen molar-refractivity contribution in [1.29, 1.82) is 0 Å². The van der Waals surface area contributed by atoms with Gasteiger partial charge in [0.1, 0.15) is 17.8 Å². The van der Waals surface area contributed by atoms with Gasteiger partial charge in [-0.15, -0.1) is 0 Å². The van der Waals surface area contributed by atoms with Gasteiger partial charge in [0.25, 0.3) is 5.91 Å². The summed E-state index contributed by atoms with van der Waals surface area (Å²) in [6.07, 6.45) is 1.28. The van der Waals surface area contributed by atoms with Gasteiger partial charge in [0.15, 0.2) is 5.82 Å². The van der Waals surface area contributed by atoms with Crippen LogP contribution in [0.1, 0.15) is 35.7 Å². The summed E-state index contributed by atoms with van der Waals surface area (Å²) in [4.78, 5) is 20.4. The molecule has 0 saturated carbocycles. The van der Waals surface area contributed by atoms with Crippen molar-refractivity contribution in [3.05, 3.63) is 70.0 Å². The number of nitrogen functional groups attached to an aromatic ring is 1.